The van der Waals surface area contributed by atoms with Gasteiger partial charge >= 0.3 is 0 Å². The molecule has 0 fully saturated rings. The number of methoxy groups -OCH3 is 1. The molecule has 2 aromatic carbocycles. The number of ether oxygens (including phenoxy) is 1. The van der Waals surface area contributed by atoms with E-state index >= 15 is 0 Å². The topological polar surface area (TPSA) is 29.5 Å². The van der Waals surface area contributed by atoms with E-state index in [9.17, 15) is 13.9 Å². The molecular weight excluding hydrogens is 282 g/mol. The summed E-state index contributed by atoms with van der Waals surface area (Å²) >= 11 is 1.19. The molecular formula is C15H14F2O2S. The maximum absolute atomic E-state index is 13.5. The van der Waals surface area contributed by atoms with E-state index in [2.05, 4.69) is 0 Å². The molecule has 0 bridgehead atoms. The van der Waals surface area contributed by atoms with Crippen LogP contribution in [0.1, 0.15) is 11.7 Å². The fourth-order valence-electron chi connectivity index (χ4n) is 1.72. The van der Waals surface area contributed by atoms with E-state index < -0.39 is 11.9 Å². The molecule has 0 amide bonds. The molecule has 1 atom stereocenters. The third-order valence-corrected chi connectivity index (χ3v) is 3.92. The van der Waals surface area contributed by atoms with Crippen molar-refractivity contribution in [3.05, 3.63) is 59.7 Å². The summed E-state index contributed by atoms with van der Waals surface area (Å²) in [5.74, 6) is -0.486. The lowest BCUT2D eigenvalue weighted by Gasteiger charge is -2.12. The number of rotatable bonds is 5. The highest BCUT2D eigenvalue weighted by atomic mass is 32.2. The Morgan fingerprint density at radius 1 is 1.15 bits per heavy atom. The van der Waals surface area contributed by atoms with Gasteiger partial charge in [-0.05, 0) is 29.8 Å². The van der Waals surface area contributed by atoms with Crippen molar-refractivity contribution in [2.24, 2.45) is 0 Å². The van der Waals surface area contributed by atoms with Crippen LogP contribution in [0.25, 0.3) is 0 Å². The molecule has 0 spiro atoms. The number of thioether (sulfide) groups is 1. The first-order valence-corrected chi connectivity index (χ1v) is 6.99. The minimum Gasteiger partial charge on any atom is -0.494 e. The second-order valence-electron chi connectivity index (χ2n) is 4.15. The van der Waals surface area contributed by atoms with Crippen LogP contribution in [-0.2, 0) is 0 Å². The minimum absolute atomic E-state index is 0.128. The number of benzene rings is 2. The number of halogens is 2. The Morgan fingerprint density at radius 2 is 1.90 bits per heavy atom. The Labute approximate surface area is 120 Å². The Bertz CT molecular complexity index is 590. The van der Waals surface area contributed by atoms with E-state index in [1.165, 1.54) is 37.1 Å². The van der Waals surface area contributed by atoms with Crippen molar-refractivity contribution in [1.82, 2.24) is 0 Å². The molecule has 0 aliphatic rings. The SMILES string of the molecule is COc1ccc(C(O)CSc2ccccc2F)cc1F. The molecule has 0 heterocycles. The van der Waals surface area contributed by atoms with Crippen LogP contribution < -0.4 is 4.74 Å². The number of hydrogen-bond donors (Lipinski definition) is 1. The maximum Gasteiger partial charge on any atom is 0.165 e. The van der Waals surface area contributed by atoms with Crippen LogP contribution in [0.3, 0.4) is 0 Å². The van der Waals surface area contributed by atoms with Gasteiger partial charge in [-0.2, -0.15) is 0 Å². The van der Waals surface area contributed by atoms with Crippen LogP contribution in [0.2, 0.25) is 0 Å². The van der Waals surface area contributed by atoms with E-state index in [4.69, 9.17) is 4.74 Å². The summed E-state index contributed by atoms with van der Waals surface area (Å²) in [6, 6.07) is 10.6. The quantitative estimate of drug-likeness (QED) is 0.851. The third-order valence-electron chi connectivity index (χ3n) is 2.79. The Kier molecular flexibility index (Phi) is 4.98. The van der Waals surface area contributed by atoms with E-state index in [0.717, 1.165) is 0 Å². The number of aliphatic hydroxyl groups is 1. The lowest BCUT2D eigenvalue weighted by molar-refractivity contribution is 0.203. The van der Waals surface area contributed by atoms with Gasteiger partial charge in [0.1, 0.15) is 5.82 Å². The zero-order valence-electron chi connectivity index (χ0n) is 10.8. The van der Waals surface area contributed by atoms with Crippen molar-refractivity contribution in [3.8, 4) is 5.75 Å². The van der Waals surface area contributed by atoms with Crippen LogP contribution in [-0.4, -0.2) is 18.0 Å². The van der Waals surface area contributed by atoms with Crippen molar-refractivity contribution in [2.45, 2.75) is 11.0 Å². The predicted octanol–water partition coefficient (Wildman–Crippen LogP) is 3.80. The Hall–Kier alpha value is -1.59. The first kappa shape index (κ1) is 14.8. The molecule has 1 unspecified atom stereocenters. The number of hydrogen-bond acceptors (Lipinski definition) is 3. The van der Waals surface area contributed by atoms with Crippen LogP contribution >= 0.6 is 11.8 Å². The van der Waals surface area contributed by atoms with E-state index in [1.807, 2.05) is 0 Å². The van der Waals surface area contributed by atoms with Crippen LogP contribution in [0, 0.1) is 11.6 Å². The van der Waals surface area contributed by atoms with Gasteiger partial charge in [-0.25, -0.2) is 8.78 Å². The summed E-state index contributed by atoms with van der Waals surface area (Å²) in [6.45, 7) is 0. The first-order valence-electron chi connectivity index (χ1n) is 6.00. The van der Waals surface area contributed by atoms with Gasteiger partial charge in [0.05, 0.1) is 13.2 Å². The van der Waals surface area contributed by atoms with Crippen molar-refractivity contribution >= 4 is 11.8 Å². The van der Waals surface area contributed by atoms with Crippen molar-refractivity contribution in [1.29, 1.82) is 0 Å². The second-order valence-corrected chi connectivity index (χ2v) is 5.21. The van der Waals surface area contributed by atoms with Crippen molar-refractivity contribution in [2.75, 3.05) is 12.9 Å². The zero-order chi connectivity index (χ0) is 14.5. The van der Waals surface area contributed by atoms with E-state index in [-0.39, 0.29) is 17.3 Å². The first-order chi connectivity index (χ1) is 9.61. The molecule has 20 heavy (non-hydrogen) atoms. The molecule has 0 aromatic heterocycles. The summed E-state index contributed by atoms with van der Waals surface area (Å²) in [4.78, 5) is 0.459. The average molecular weight is 296 g/mol. The largest absolute Gasteiger partial charge is 0.494 e. The van der Waals surface area contributed by atoms with Gasteiger partial charge in [-0.1, -0.05) is 18.2 Å². The summed E-state index contributed by atoms with van der Waals surface area (Å²) in [7, 11) is 1.38. The van der Waals surface area contributed by atoms with E-state index in [0.29, 0.717) is 10.5 Å². The highest BCUT2D eigenvalue weighted by Gasteiger charge is 2.12. The number of aliphatic hydroxyl groups excluding tert-OH is 1. The van der Waals surface area contributed by atoms with Gasteiger partial charge in [0.2, 0.25) is 0 Å². The van der Waals surface area contributed by atoms with Gasteiger partial charge in [-0.15, -0.1) is 11.8 Å². The molecule has 2 aromatic rings. The highest BCUT2D eigenvalue weighted by molar-refractivity contribution is 7.99. The predicted molar refractivity (Wildman–Crippen MR) is 75.0 cm³/mol. The zero-order valence-corrected chi connectivity index (χ0v) is 11.7. The monoisotopic (exact) mass is 296 g/mol. The van der Waals surface area contributed by atoms with Gasteiger partial charge < -0.3 is 9.84 Å². The molecule has 2 rings (SSSR count). The fraction of sp³-hybridized carbons (Fsp3) is 0.200. The standard InChI is InChI=1S/C15H14F2O2S/c1-19-14-7-6-10(8-12(14)17)13(18)9-20-15-5-3-2-4-11(15)16/h2-8,13,18H,9H2,1H3. The lowest BCUT2D eigenvalue weighted by atomic mass is 10.1. The third kappa shape index (κ3) is 3.49. The maximum atomic E-state index is 13.5. The summed E-state index contributed by atoms with van der Waals surface area (Å²) < 4.78 is 31.8. The van der Waals surface area contributed by atoms with Gasteiger partial charge in [0, 0.05) is 10.6 Å². The van der Waals surface area contributed by atoms with Gasteiger partial charge in [-0.3, -0.25) is 0 Å². The highest BCUT2D eigenvalue weighted by Crippen LogP contribution is 2.28. The second kappa shape index (κ2) is 6.72. The molecule has 0 radical (unpaired) electrons. The normalized spacial score (nSPS) is 12.2. The van der Waals surface area contributed by atoms with Crippen molar-refractivity contribution < 1.29 is 18.6 Å². The molecule has 5 heteroatoms. The molecule has 2 nitrogen and oxygen atoms in total. The van der Waals surface area contributed by atoms with E-state index in [1.54, 1.807) is 24.3 Å². The molecule has 106 valence electrons. The van der Waals surface area contributed by atoms with Crippen LogP contribution in [0.5, 0.6) is 5.75 Å². The summed E-state index contributed by atoms with van der Waals surface area (Å²) in [6.07, 6.45) is -0.875. The average Bonchev–Trinajstić information content (AvgIpc) is 2.46. The van der Waals surface area contributed by atoms with Gasteiger partial charge in [0.15, 0.2) is 11.6 Å². The van der Waals surface area contributed by atoms with Crippen molar-refractivity contribution in [3.63, 3.8) is 0 Å². The molecule has 0 saturated carbocycles. The minimum atomic E-state index is -0.875. The Morgan fingerprint density at radius 3 is 2.55 bits per heavy atom. The lowest BCUT2D eigenvalue weighted by Crippen LogP contribution is -2.02. The molecule has 0 aliphatic heterocycles. The summed E-state index contributed by atoms with van der Waals surface area (Å²) in [5, 5.41) is 10.0. The Balaban J connectivity index is 2.03. The molecule has 0 aliphatic carbocycles. The van der Waals surface area contributed by atoms with Gasteiger partial charge in [0.25, 0.3) is 0 Å². The fourth-order valence-corrected chi connectivity index (χ4v) is 2.63. The molecule has 1 N–H and O–H groups in total. The summed E-state index contributed by atoms with van der Waals surface area (Å²) in [5.41, 5.74) is 0.437. The smallest absolute Gasteiger partial charge is 0.165 e. The van der Waals surface area contributed by atoms with Crippen LogP contribution in [0.15, 0.2) is 47.4 Å². The molecule has 0 saturated heterocycles. The van der Waals surface area contributed by atoms with Crippen LogP contribution in [0.4, 0.5) is 8.78 Å².